The van der Waals surface area contributed by atoms with Crippen LogP contribution in [0.2, 0.25) is 5.02 Å². The average Bonchev–Trinajstić information content (AvgIpc) is 2.80. The maximum Gasteiger partial charge on any atom is 0.280 e. The van der Waals surface area contributed by atoms with Crippen LogP contribution in [0.4, 0.5) is 11.4 Å². The van der Waals surface area contributed by atoms with E-state index in [9.17, 15) is 19.7 Å². The third-order valence-electron chi connectivity index (χ3n) is 3.76. The van der Waals surface area contributed by atoms with Crippen molar-refractivity contribution < 1.29 is 14.5 Å². The van der Waals surface area contributed by atoms with Crippen LogP contribution in [-0.4, -0.2) is 22.2 Å². The molecule has 0 heterocycles. The van der Waals surface area contributed by atoms with E-state index >= 15 is 0 Å². The summed E-state index contributed by atoms with van der Waals surface area (Å²) in [5.74, 6) is -2.14. The van der Waals surface area contributed by atoms with Gasteiger partial charge in [0.25, 0.3) is 5.69 Å². The molecular weight excluding hydrogens is 332 g/mol. The Morgan fingerprint density at radius 1 is 1.25 bits per heavy atom. The molecule has 2 aromatic carbocycles. The van der Waals surface area contributed by atoms with Gasteiger partial charge in [0.1, 0.15) is 17.3 Å². The quantitative estimate of drug-likeness (QED) is 0.482. The molecule has 0 aliphatic heterocycles. The smallest absolute Gasteiger partial charge is 0.280 e. The van der Waals surface area contributed by atoms with Gasteiger partial charge < -0.3 is 0 Å². The van der Waals surface area contributed by atoms with Gasteiger partial charge in [-0.1, -0.05) is 29.8 Å². The van der Waals surface area contributed by atoms with Crippen LogP contribution in [0.5, 0.6) is 0 Å². The minimum Gasteiger partial charge on any atom is -0.299 e. The molecule has 1 aliphatic rings. The van der Waals surface area contributed by atoms with Crippen molar-refractivity contribution in [3.63, 3.8) is 0 Å². The van der Waals surface area contributed by atoms with Crippen molar-refractivity contribution in [3.8, 4) is 0 Å². The minimum absolute atomic E-state index is 0.0662. The predicted octanol–water partition coefficient (Wildman–Crippen LogP) is 3.77. The van der Waals surface area contributed by atoms with E-state index in [-0.39, 0.29) is 17.0 Å². The van der Waals surface area contributed by atoms with E-state index in [4.69, 9.17) is 11.6 Å². The molecule has 120 valence electrons. The van der Waals surface area contributed by atoms with Crippen LogP contribution in [0.3, 0.4) is 0 Å². The van der Waals surface area contributed by atoms with Crippen LogP contribution in [0.15, 0.2) is 47.5 Å². The summed E-state index contributed by atoms with van der Waals surface area (Å²) in [5, 5.41) is 11.7. The Morgan fingerprint density at radius 3 is 2.58 bits per heavy atom. The molecule has 7 heteroatoms. The van der Waals surface area contributed by atoms with Gasteiger partial charge >= 0.3 is 0 Å². The van der Waals surface area contributed by atoms with Crippen LogP contribution in [0.1, 0.15) is 22.8 Å². The Balaban J connectivity index is 2.26. The van der Waals surface area contributed by atoms with Gasteiger partial charge in [0.15, 0.2) is 5.78 Å². The van der Waals surface area contributed by atoms with Crippen LogP contribution < -0.4 is 0 Å². The molecule has 2 aromatic rings. The highest BCUT2D eigenvalue weighted by molar-refractivity contribution is 6.38. The predicted molar refractivity (Wildman–Crippen MR) is 89.2 cm³/mol. The first-order chi connectivity index (χ1) is 11.4. The number of carbonyl (C=O) groups is 2. The van der Waals surface area contributed by atoms with E-state index in [0.717, 1.165) is 0 Å². The molecule has 0 aromatic heterocycles. The fourth-order valence-corrected chi connectivity index (χ4v) is 2.96. The van der Waals surface area contributed by atoms with E-state index in [1.165, 1.54) is 19.1 Å². The molecule has 1 atom stereocenters. The summed E-state index contributed by atoms with van der Waals surface area (Å²) < 4.78 is 0. The highest BCUT2D eigenvalue weighted by Gasteiger charge is 2.43. The average molecular weight is 343 g/mol. The Labute approximate surface area is 141 Å². The van der Waals surface area contributed by atoms with Crippen LogP contribution >= 0.6 is 11.6 Å². The van der Waals surface area contributed by atoms with Gasteiger partial charge in [-0.15, -0.1) is 0 Å². The number of nitrogens with zero attached hydrogens (tertiary/aromatic N) is 2. The summed E-state index contributed by atoms with van der Waals surface area (Å²) in [6.45, 7) is 1.27. The van der Waals surface area contributed by atoms with Crippen molar-refractivity contribution in [1.82, 2.24) is 0 Å². The fourth-order valence-electron chi connectivity index (χ4n) is 2.78. The zero-order valence-electron chi connectivity index (χ0n) is 12.5. The number of Topliss-reactive ketones (excluding diaryl/α,β-unsaturated/α-hetero) is 2. The molecule has 3 rings (SSSR count). The summed E-state index contributed by atoms with van der Waals surface area (Å²) in [6, 6.07) is 10.9. The number of halogens is 1. The molecule has 6 nitrogen and oxygen atoms in total. The number of fused-ring (bicyclic) bond motifs is 1. The van der Waals surface area contributed by atoms with E-state index in [1.54, 1.807) is 30.3 Å². The maximum absolute atomic E-state index is 12.6. The van der Waals surface area contributed by atoms with Crippen molar-refractivity contribution >= 4 is 40.3 Å². The fraction of sp³-hybridized carbons (Fsp3) is 0.118. The maximum atomic E-state index is 12.6. The second kappa shape index (κ2) is 5.98. The zero-order chi connectivity index (χ0) is 17.4. The van der Waals surface area contributed by atoms with Crippen LogP contribution in [0, 0.1) is 16.0 Å². The Bertz CT molecular complexity index is 921. The van der Waals surface area contributed by atoms with Crippen molar-refractivity contribution in [2.75, 3.05) is 0 Å². The molecule has 0 radical (unpaired) electrons. The molecule has 0 fully saturated rings. The first-order valence-corrected chi connectivity index (χ1v) is 7.44. The number of aliphatic imine (C=N–C) groups is 1. The lowest BCUT2D eigenvalue weighted by molar-refractivity contribution is -0.385. The molecule has 0 N–H and O–H groups in total. The monoisotopic (exact) mass is 342 g/mol. The highest BCUT2D eigenvalue weighted by Crippen LogP contribution is 2.36. The molecule has 0 spiro atoms. The van der Waals surface area contributed by atoms with Crippen molar-refractivity contribution in [2.45, 2.75) is 6.92 Å². The zero-order valence-corrected chi connectivity index (χ0v) is 13.3. The minimum atomic E-state index is -1.14. The second-order valence-electron chi connectivity index (χ2n) is 5.34. The number of hydrogen-bond acceptors (Lipinski definition) is 5. The number of ketones is 2. The topological polar surface area (TPSA) is 89.6 Å². The van der Waals surface area contributed by atoms with Gasteiger partial charge in [-0.25, -0.2) is 0 Å². The lowest BCUT2D eigenvalue weighted by Gasteiger charge is -2.06. The van der Waals surface area contributed by atoms with Crippen LogP contribution in [-0.2, 0) is 4.79 Å². The van der Waals surface area contributed by atoms with E-state index in [2.05, 4.69) is 4.99 Å². The molecule has 0 amide bonds. The lowest BCUT2D eigenvalue weighted by Crippen LogP contribution is -2.23. The molecule has 1 aliphatic carbocycles. The Kier molecular flexibility index (Phi) is 3.99. The highest BCUT2D eigenvalue weighted by atomic mass is 35.5. The number of carbonyl (C=O) groups excluding carboxylic acids is 2. The van der Waals surface area contributed by atoms with Gasteiger partial charge in [-0.2, -0.15) is 0 Å². The number of hydrogen-bond donors (Lipinski definition) is 0. The van der Waals surface area contributed by atoms with Crippen LogP contribution in [0.25, 0.3) is 0 Å². The first-order valence-electron chi connectivity index (χ1n) is 7.06. The molecule has 0 bridgehead atoms. The summed E-state index contributed by atoms with van der Waals surface area (Å²) >= 11 is 5.93. The third kappa shape index (κ3) is 2.61. The van der Waals surface area contributed by atoms with Crippen molar-refractivity contribution in [3.05, 3.63) is 68.7 Å². The molecule has 0 saturated carbocycles. The standard InChI is InChI=1S/C17H11ClN2O4/c1-9(21)14-16(19-11-5-2-4-10(18)8-11)12-6-3-7-13(20(23)24)15(12)17(14)22/h2-8,14H,1H3/t14-/m1/s1. The van der Waals surface area contributed by atoms with Gasteiger partial charge in [0.05, 0.1) is 16.3 Å². The van der Waals surface area contributed by atoms with E-state index in [1.807, 2.05) is 0 Å². The number of nitro groups is 1. The lowest BCUT2D eigenvalue weighted by atomic mass is 9.99. The number of rotatable bonds is 3. The van der Waals surface area contributed by atoms with E-state index < -0.39 is 22.4 Å². The van der Waals surface area contributed by atoms with E-state index in [0.29, 0.717) is 16.3 Å². The van der Waals surface area contributed by atoms with Gasteiger partial charge in [-0.05, 0) is 25.1 Å². The number of nitro benzene ring substituents is 1. The number of benzene rings is 2. The first kappa shape index (κ1) is 16.0. The van der Waals surface area contributed by atoms with Gasteiger partial charge in [-0.3, -0.25) is 24.7 Å². The summed E-state index contributed by atoms with van der Waals surface area (Å²) in [5.41, 5.74) is 0.613. The van der Waals surface area contributed by atoms with Gasteiger partial charge in [0, 0.05) is 16.7 Å². The summed E-state index contributed by atoms with van der Waals surface area (Å²) in [6.07, 6.45) is 0. The summed E-state index contributed by atoms with van der Waals surface area (Å²) in [7, 11) is 0. The van der Waals surface area contributed by atoms with Gasteiger partial charge in [0.2, 0.25) is 0 Å². The normalized spacial score (nSPS) is 17.8. The SMILES string of the molecule is CC(=O)[C@H]1C(=O)c2c(cccc2[N+](=O)[O-])C1=Nc1cccc(Cl)c1. The second-order valence-corrected chi connectivity index (χ2v) is 5.78. The molecular formula is C17H11ClN2O4. The largest absolute Gasteiger partial charge is 0.299 e. The Hall–Kier alpha value is -2.86. The molecule has 0 unspecified atom stereocenters. The third-order valence-corrected chi connectivity index (χ3v) is 4.00. The van der Waals surface area contributed by atoms with Crippen molar-refractivity contribution in [1.29, 1.82) is 0 Å². The van der Waals surface area contributed by atoms with Crippen molar-refractivity contribution in [2.24, 2.45) is 10.9 Å². The summed E-state index contributed by atoms with van der Waals surface area (Å²) in [4.78, 5) is 39.5. The molecule has 24 heavy (non-hydrogen) atoms. The Morgan fingerprint density at radius 2 is 1.96 bits per heavy atom. The molecule has 0 saturated heterocycles.